The van der Waals surface area contributed by atoms with Gasteiger partial charge in [-0.2, -0.15) is 0 Å². The maximum atomic E-state index is 9.25. The lowest BCUT2D eigenvalue weighted by Crippen LogP contribution is -2.14. The van der Waals surface area contributed by atoms with Crippen molar-refractivity contribution in [2.45, 2.75) is 19.3 Å². The second-order valence-corrected chi connectivity index (χ2v) is 8.71. The molecule has 0 aliphatic heterocycles. The summed E-state index contributed by atoms with van der Waals surface area (Å²) in [7, 11) is -0.334. The van der Waals surface area contributed by atoms with Crippen LogP contribution in [-0.2, 0) is 5.41 Å². The minimum atomic E-state index is -0.334. The summed E-state index contributed by atoms with van der Waals surface area (Å²) in [6, 6.07) is 29.9. The molecule has 0 bridgehead atoms. The SMILES string of the molecule is CC1(C)c2ccccc2-c2cc3c4cc(OBO)ccc4n(-c4ccccc4)c3cc21. The molecule has 5 aromatic rings. The molecule has 0 saturated heterocycles. The number of rotatable bonds is 3. The van der Waals surface area contributed by atoms with Crippen LogP contribution >= 0.6 is 0 Å². The van der Waals surface area contributed by atoms with E-state index >= 15 is 0 Å². The smallest absolute Gasteiger partial charge is 0.504 e. The highest BCUT2D eigenvalue weighted by Gasteiger charge is 2.36. The van der Waals surface area contributed by atoms with Gasteiger partial charge in [0.2, 0.25) is 0 Å². The van der Waals surface area contributed by atoms with Gasteiger partial charge in [-0.05, 0) is 64.7 Å². The van der Waals surface area contributed by atoms with Gasteiger partial charge in [0.15, 0.2) is 0 Å². The summed E-state index contributed by atoms with van der Waals surface area (Å²) in [4.78, 5) is 0. The van der Waals surface area contributed by atoms with Gasteiger partial charge in [-0.3, -0.25) is 0 Å². The molecular formula is C27H22BNO2. The Labute approximate surface area is 181 Å². The molecule has 4 aromatic carbocycles. The van der Waals surface area contributed by atoms with Crippen LogP contribution in [0.4, 0.5) is 0 Å². The molecule has 1 aliphatic carbocycles. The highest BCUT2D eigenvalue weighted by molar-refractivity contribution is 6.18. The Morgan fingerprint density at radius 3 is 2.29 bits per heavy atom. The third-order valence-corrected chi connectivity index (χ3v) is 6.69. The quantitative estimate of drug-likeness (QED) is 0.391. The van der Waals surface area contributed by atoms with Crippen LogP contribution in [0.25, 0.3) is 38.6 Å². The Kier molecular flexibility index (Phi) is 3.83. The van der Waals surface area contributed by atoms with Crippen molar-refractivity contribution in [2.24, 2.45) is 0 Å². The summed E-state index contributed by atoms with van der Waals surface area (Å²) in [6.07, 6.45) is 0. The van der Waals surface area contributed by atoms with E-state index in [1.165, 1.54) is 33.2 Å². The average Bonchev–Trinajstić information content (AvgIpc) is 3.23. The minimum absolute atomic E-state index is 0.0523. The summed E-state index contributed by atoms with van der Waals surface area (Å²) in [5.74, 6) is 0.670. The number of hydrogen-bond acceptors (Lipinski definition) is 2. The van der Waals surface area contributed by atoms with E-state index in [0.29, 0.717) is 5.75 Å². The second kappa shape index (κ2) is 6.50. The Hall–Kier alpha value is -3.50. The first-order chi connectivity index (χ1) is 15.1. The molecule has 1 heterocycles. The molecule has 150 valence electrons. The van der Waals surface area contributed by atoms with E-state index in [9.17, 15) is 5.02 Å². The van der Waals surface area contributed by atoms with Gasteiger partial charge in [0, 0.05) is 21.9 Å². The monoisotopic (exact) mass is 403 g/mol. The van der Waals surface area contributed by atoms with Crippen LogP contribution in [0.15, 0.2) is 84.9 Å². The molecule has 31 heavy (non-hydrogen) atoms. The zero-order valence-electron chi connectivity index (χ0n) is 17.6. The largest absolute Gasteiger partial charge is 0.539 e. The lowest BCUT2D eigenvalue weighted by atomic mass is 9.82. The van der Waals surface area contributed by atoms with Crippen molar-refractivity contribution in [3.05, 3.63) is 96.1 Å². The summed E-state index contributed by atoms with van der Waals surface area (Å²) in [5.41, 5.74) is 8.73. The van der Waals surface area contributed by atoms with Crippen molar-refractivity contribution in [1.82, 2.24) is 4.57 Å². The Balaban J connectivity index is 1.75. The normalized spacial score (nSPS) is 13.9. The number of benzene rings is 4. The summed E-state index contributed by atoms with van der Waals surface area (Å²) in [6.45, 7) is 4.62. The third-order valence-electron chi connectivity index (χ3n) is 6.69. The summed E-state index contributed by atoms with van der Waals surface area (Å²) >= 11 is 0. The van der Waals surface area contributed by atoms with Crippen molar-refractivity contribution in [3.63, 3.8) is 0 Å². The fourth-order valence-corrected chi connectivity index (χ4v) is 5.21. The van der Waals surface area contributed by atoms with Gasteiger partial charge < -0.3 is 14.2 Å². The molecule has 0 unspecified atom stereocenters. The Morgan fingerprint density at radius 2 is 1.48 bits per heavy atom. The van der Waals surface area contributed by atoms with Gasteiger partial charge in [0.1, 0.15) is 5.75 Å². The number of hydrogen-bond donors (Lipinski definition) is 1. The molecule has 1 N–H and O–H groups in total. The van der Waals surface area contributed by atoms with Gasteiger partial charge in [-0.25, -0.2) is 0 Å². The van der Waals surface area contributed by atoms with E-state index in [4.69, 9.17) is 4.65 Å². The lowest BCUT2D eigenvalue weighted by Gasteiger charge is -2.21. The molecule has 0 radical (unpaired) electrons. The van der Waals surface area contributed by atoms with Crippen molar-refractivity contribution in [2.75, 3.05) is 0 Å². The molecule has 1 aromatic heterocycles. The maximum Gasteiger partial charge on any atom is 0.504 e. The molecule has 0 fully saturated rings. The number of para-hydroxylation sites is 1. The Bertz CT molecular complexity index is 1470. The molecule has 3 nitrogen and oxygen atoms in total. The van der Waals surface area contributed by atoms with E-state index in [1.807, 2.05) is 18.2 Å². The summed E-state index contributed by atoms with van der Waals surface area (Å²) in [5, 5.41) is 11.6. The van der Waals surface area contributed by atoms with E-state index in [0.717, 1.165) is 16.6 Å². The Morgan fingerprint density at radius 1 is 0.742 bits per heavy atom. The molecule has 1 aliphatic rings. The molecule has 0 spiro atoms. The predicted octanol–water partition coefficient (Wildman–Crippen LogP) is 5.73. The standard InChI is InChI=1S/C27H22BNO2/c1-27(2)23-11-7-6-10-19(23)20-15-22-21-14-18(31-28-30)12-13-25(21)29(26(22)16-24(20)27)17-8-4-3-5-9-17/h3-16,28,30H,1-2H3. The first-order valence-corrected chi connectivity index (χ1v) is 10.6. The molecule has 6 rings (SSSR count). The highest BCUT2D eigenvalue weighted by atomic mass is 16.5. The molecule has 0 saturated carbocycles. The van der Waals surface area contributed by atoms with Crippen LogP contribution in [0.3, 0.4) is 0 Å². The van der Waals surface area contributed by atoms with E-state index in [-0.39, 0.29) is 13.1 Å². The second-order valence-electron chi connectivity index (χ2n) is 8.71. The van der Waals surface area contributed by atoms with Crippen molar-refractivity contribution < 1.29 is 9.68 Å². The average molecular weight is 403 g/mol. The van der Waals surface area contributed by atoms with E-state index < -0.39 is 0 Å². The van der Waals surface area contributed by atoms with Crippen molar-refractivity contribution in [3.8, 4) is 22.6 Å². The van der Waals surface area contributed by atoms with Crippen LogP contribution in [-0.4, -0.2) is 17.3 Å². The van der Waals surface area contributed by atoms with Gasteiger partial charge >= 0.3 is 7.69 Å². The maximum absolute atomic E-state index is 9.25. The summed E-state index contributed by atoms with van der Waals surface area (Å²) < 4.78 is 7.73. The molecular weight excluding hydrogens is 381 g/mol. The third kappa shape index (κ3) is 2.52. The van der Waals surface area contributed by atoms with Crippen LogP contribution in [0.2, 0.25) is 0 Å². The fraction of sp³-hybridized carbons (Fsp3) is 0.111. The highest BCUT2D eigenvalue weighted by Crippen LogP contribution is 2.51. The predicted molar refractivity (Wildman–Crippen MR) is 128 cm³/mol. The number of fused-ring (bicyclic) bond motifs is 6. The number of nitrogens with zero attached hydrogens (tertiary/aromatic N) is 1. The van der Waals surface area contributed by atoms with E-state index in [1.54, 1.807) is 0 Å². The van der Waals surface area contributed by atoms with E-state index in [2.05, 4.69) is 85.1 Å². The first-order valence-electron chi connectivity index (χ1n) is 10.6. The van der Waals surface area contributed by atoms with Gasteiger partial charge in [0.25, 0.3) is 0 Å². The van der Waals surface area contributed by atoms with Gasteiger partial charge in [0.05, 0.1) is 11.0 Å². The van der Waals surface area contributed by atoms with Crippen LogP contribution in [0.1, 0.15) is 25.0 Å². The first kappa shape index (κ1) is 18.3. The van der Waals surface area contributed by atoms with Gasteiger partial charge in [-0.15, -0.1) is 0 Å². The fourth-order valence-electron chi connectivity index (χ4n) is 5.21. The molecule has 4 heteroatoms. The van der Waals surface area contributed by atoms with Crippen molar-refractivity contribution in [1.29, 1.82) is 0 Å². The topological polar surface area (TPSA) is 34.4 Å². The lowest BCUT2D eigenvalue weighted by molar-refractivity contribution is 0.454. The van der Waals surface area contributed by atoms with Crippen molar-refractivity contribution >= 4 is 29.5 Å². The minimum Gasteiger partial charge on any atom is -0.539 e. The van der Waals surface area contributed by atoms with Crippen LogP contribution in [0.5, 0.6) is 5.75 Å². The van der Waals surface area contributed by atoms with Crippen LogP contribution < -0.4 is 4.65 Å². The zero-order valence-corrected chi connectivity index (χ0v) is 17.6. The molecule has 0 amide bonds. The molecule has 0 atom stereocenters. The zero-order chi connectivity index (χ0) is 21.2. The number of aromatic nitrogens is 1. The van der Waals surface area contributed by atoms with Crippen LogP contribution in [0, 0.1) is 0 Å². The van der Waals surface area contributed by atoms with Gasteiger partial charge in [-0.1, -0.05) is 56.3 Å².